The second-order valence-corrected chi connectivity index (χ2v) is 5.46. The van der Waals surface area contributed by atoms with Crippen LogP contribution < -0.4 is 5.73 Å². The van der Waals surface area contributed by atoms with E-state index in [1.807, 2.05) is 42.5 Å². The Kier molecular flexibility index (Phi) is 3.09. The van der Waals surface area contributed by atoms with Crippen molar-refractivity contribution < 1.29 is 4.42 Å². The maximum Gasteiger partial charge on any atom is 0.134 e. The van der Waals surface area contributed by atoms with Crippen LogP contribution in [0, 0.1) is 3.57 Å². The molecule has 18 heavy (non-hydrogen) atoms. The van der Waals surface area contributed by atoms with E-state index in [1.54, 1.807) is 0 Å². The number of hydrogen-bond donors (Lipinski definition) is 1. The summed E-state index contributed by atoms with van der Waals surface area (Å²) in [6.07, 6.45) is 0. The van der Waals surface area contributed by atoms with E-state index >= 15 is 0 Å². The molecule has 1 heterocycles. The average molecular weight is 349 g/mol. The lowest BCUT2D eigenvalue weighted by Crippen LogP contribution is -2.10. The topological polar surface area (TPSA) is 39.2 Å². The fourth-order valence-corrected chi connectivity index (χ4v) is 2.35. The van der Waals surface area contributed by atoms with Crippen molar-refractivity contribution >= 4 is 33.6 Å². The summed E-state index contributed by atoms with van der Waals surface area (Å²) in [5, 5.41) is 1.09. The van der Waals surface area contributed by atoms with Gasteiger partial charge in [-0.05, 0) is 52.4 Å². The molecule has 2 N–H and O–H groups in total. The quantitative estimate of drug-likeness (QED) is 0.708. The summed E-state index contributed by atoms with van der Waals surface area (Å²) >= 11 is 2.28. The number of rotatable bonds is 2. The zero-order valence-corrected chi connectivity index (χ0v) is 11.8. The van der Waals surface area contributed by atoms with Crippen molar-refractivity contribution in [3.63, 3.8) is 0 Å². The highest BCUT2D eigenvalue weighted by atomic mass is 127. The number of para-hydroxylation sites is 1. The first kappa shape index (κ1) is 11.7. The predicted octanol–water partition coefficient (Wildman–Crippen LogP) is 4.09. The molecule has 1 atom stereocenters. The van der Waals surface area contributed by atoms with E-state index in [-0.39, 0.29) is 6.04 Å². The fourth-order valence-electron chi connectivity index (χ4n) is 1.99. The van der Waals surface area contributed by atoms with E-state index in [1.165, 1.54) is 3.57 Å². The van der Waals surface area contributed by atoms with E-state index in [2.05, 4.69) is 34.7 Å². The first-order chi connectivity index (χ1) is 8.74. The van der Waals surface area contributed by atoms with Gasteiger partial charge < -0.3 is 10.2 Å². The molecule has 0 amide bonds. The molecular weight excluding hydrogens is 337 g/mol. The van der Waals surface area contributed by atoms with Crippen molar-refractivity contribution in [1.29, 1.82) is 0 Å². The second kappa shape index (κ2) is 4.74. The third kappa shape index (κ3) is 2.15. The Balaban J connectivity index is 2.00. The Labute approximate surface area is 119 Å². The first-order valence-corrected chi connectivity index (χ1v) is 6.81. The van der Waals surface area contributed by atoms with Crippen LogP contribution in [-0.4, -0.2) is 0 Å². The largest absolute Gasteiger partial charge is 0.459 e. The van der Waals surface area contributed by atoms with Gasteiger partial charge in [0.05, 0.1) is 6.04 Å². The third-order valence-electron chi connectivity index (χ3n) is 2.98. The predicted molar refractivity (Wildman–Crippen MR) is 81.4 cm³/mol. The molecule has 0 spiro atoms. The van der Waals surface area contributed by atoms with Gasteiger partial charge in [-0.1, -0.05) is 30.3 Å². The van der Waals surface area contributed by atoms with E-state index < -0.39 is 0 Å². The zero-order chi connectivity index (χ0) is 12.5. The molecule has 0 aliphatic heterocycles. The number of benzene rings is 2. The third-order valence-corrected chi connectivity index (χ3v) is 3.70. The van der Waals surface area contributed by atoms with Crippen molar-refractivity contribution in [2.75, 3.05) is 0 Å². The van der Waals surface area contributed by atoms with Crippen LogP contribution >= 0.6 is 22.6 Å². The average Bonchev–Trinajstić information content (AvgIpc) is 2.82. The minimum atomic E-state index is -0.214. The lowest BCUT2D eigenvalue weighted by atomic mass is 10.1. The highest BCUT2D eigenvalue weighted by Gasteiger charge is 2.13. The molecule has 2 nitrogen and oxygen atoms in total. The van der Waals surface area contributed by atoms with Crippen LogP contribution in [0.4, 0.5) is 0 Å². The smallest absolute Gasteiger partial charge is 0.134 e. The van der Waals surface area contributed by atoms with Crippen LogP contribution in [0.15, 0.2) is 59.0 Å². The van der Waals surface area contributed by atoms with Crippen LogP contribution in [0.25, 0.3) is 11.0 Å². The molecule has 0 fully saturated rings. The molecule has 0 saturated carbocycles. The SMILES string of the molecule is NC(c1ccc(I)cc1)c1cc2ccccc2o1. The number of fused-ring (bicyclic) bond motifs is 1. The lowest BCUT2D eigenvalue weighted by molar-refractivity contribution is 0.525. The van der Waals surface area contributed by atoms with Gasteiger partial charge in [-0.2, -0.15) is 0 Å². The van der Waals surface area contributed by atoms with Gasteiger partial charge >= 0.3 is 0 Å². The Hall–Kier alpha value is -1.33. The number of hydrogen-bond acceptors (Lipinski definition) is 2. The number of halogens is 1. The van der Waals surface area contributed by atoms with Crippen LogP contribution in [-0.2, 0) is 0 Å². The summed E-state index contributed by atoms with van der Waals surface area (Å²) in [4.78, 5) is 0. The minimum Gasteiger partial charge on any atom is -0.459 e. The van der Waals surface area contributed by atoms with E-state index in [4.69, 9.17) is 10.2 Å². The van der Waals surface area contributed by atoms with E-state index in [0.717, 1.165) is 22.3 Å². The molecule has 1 unspecified atom stereocenters. The van der Waals surface area contributed by atoms with Gasteiger partial charge in [0.25, 0.3) is 0 Å². The van der Waals surface area contributed by atoms with E-state index in [9.17, 15) is 0 Å². The molecule has 0 saturated heterocycles. The van der Waals surface area contributed by atoms with Crippen molar-refractivity contribution in [3.8, 4) is 0 Å². The second-order valence-electron chi connectivity index (χ2n) is 4.22. The van der Waals surface area contributed by atoms with Crippen LogP contribution in [0.2, 0.25) is 0 Å². The lowest BCUT2D eigenvalue weighted by Gasteiger charge is -2.08. The molecule has 0 radical (unpaired) electrons. The van der Waals surface area contributed by atoms with Gasteiger partial charge in [0.2, 0.25) is 0 Å². The maximum absolute atomic E-state index is 6.23. The normalized spacial score (nSPS) is 12.8. The van der Waals surface area contributed by atoms with Gasteiger partial charge in [0, 0.05) is 8.96 Å². The molecule has 1 aromatic heterocycles. The van der Waals surface area contributed by atoms with Gasteiger partial charge in [0.1, 0.15) is 11.3 Å². The van der Waals surface area contributed by atoms with Gasteiger partial charge in [0.15, 0.2) is 0 Å². The summed E-state index contributed by atoms with van der Waals surface area (Å²) in [7, 11) is 0. The molecule has 90 valence electrons. The summed E-state index contributed by atoms with van der Waals surface area (Å²) in [6, 6.07) is 17.9. The van der Waals surface area contributed by atoms with Crippen molar-refractivity contribution in [1.82, 2.24) is 0 Å². The Morgan fingerprint density at radius 2 is 1.72 bits per heavy atom. The Morgan fingerprint density at radius 1 is 1.00 bits per heavy atom. The maximum atomic E-state index is 6.23. The molecular formula is C15H12INO. The molecule has 3 aromatic rings. The van der Waals surface area contributed by atoms with Crippen LogP contribution in [0.1, 0.15) is 17.4 Å². The Morgan fingerprint density at radius 3 is 2.44 bits per heavy atom. The van der Waals surface area contributed by atoms with Gasteiger partial charge in [-0.3, -0.25) is 0 Å². The van der Waals surface area contributed by atoms with Crippen molar-refractivity contribution in [2.24, 2.45) is 5.73 Å². The van der Waals surface area contributed by atoms with Gasteiger partial charge in [-0.25, -0.2) is 0 Å². The van der Waals surface area contributed by atoms with Crippen LogP contribution in [0.3, 0.4) is 0 Å². The molecule has 0 bridgehead atoms. The van der Waals surface area contributed by atoms with E-state index in [0.29, 0.717) is 0 Å². The van der Waals surface area contributed by atoms with Gasteiger partial charge in [-0.15, -0.1) is 0 Å². The zero-order valence-electron chi connectivity index (χ0n) is 9.64. The molecule has 0 aliphatic carbocycles. The van der Waals surface area contributed by atoms with Crippen LogP contribution in [0.5, 0.6) is 0 Å². The van der Waals surface area contributed by atoms with Crippen molar-refractivity contribution in [2.45, 2.75) is 6.04 Å². The summed E-state index contributed by atoms with van der Waals surface area (Å²) in [6.45, 7) is 0. The molecule has 3 rings (SSSR count). The van der Waals surface area contributed by atoms with Crippen molar-refractivity contribution in [3.05, 3.63) is 69.5 Å². The number of nitrogens with two attached hydrogens (primary N) is 1. The monoisotopic (exact) mass is 349 g/mol. The molecule has 0 aliphatic rings. The Bertz CT molecular complexity index is 639. The first-order valence-electron chi connectivity index (χ1n) is 5.73. The standard InChI is InChI=1S/C15H12INO/c16-12-7-5-10(6-8-12)15(17)14-9-11-3-1-2-4-13(11)18-14/h1-9,15H,17H2. The molecule has 3 heteroatoms. The highest BCUT2D eigenvalue weighted by Crippen LogP contribution is 2.26. The fraction of sp³-hybridized carbons (Fsp3) is 0.0667. The molecule has 2 aromatic carbocycles. The summed E-state index contributed by atoms with van der Waals surface area (Å²) in [5.74, 6) is 0.803. The number of furan rings is 1. The minimum absolute atomic E-state index is 0.214. The summed E-state index contributed by atoms with van der Waals surface area (Å²) < 4.78 is 6.99. The highest BCUT2D eigenvalue weighted by molar-refractivity contribution is 14.1. The summed E-state index contributed by atoms with van der Waals surface area (Å²) in [5.41, 5.74) is 8.18.